The maximum absolute atomic E-state index is 12.9. The highest BCUT2D eigenvalue weighted by Gasteiger charge is 2.31. The Balaban J connectivity index is 2.30. The van der Waals surface area contributed by atoms with E-state index in [0.29, 0.717) is 25.5 Å². The summed E-state index contributed by atoms with van der Waals surface area (Å²) < 4.78 is 27.4. The van der Waals surface area contributed by atoms with Gasteiger partial charge in [0.1, 0.15) is 10.7 Å². The lowest BCUT2D eigenvalue weighted by Crippen LogP contribution is -2.33. The van der Waals surface area contributed by atoms with Crippen LogP contribution < -0.4 is 5.32 Å². The smallest absolute Gasteiger partial charge is 0.246 e. The molecule has 0 bridgehead atoms. The molecule has 2 rings (SSSR count). The summed E-state index contributed by atoms with van der Waals surface area (Å²) in [6.07, 6.45) is 4.47. The topological polar surface area (TPSA) is 62.3 Å². The van der Waals surface area contributed by atoms with Crippen LogP contribution in [0.25, 0.3) is 0 Å². The fraction of sp³-hybridized carbons (Fsp3) is 0.667. The average molecular weight is 311 g/mol. The maximum Gasteiger partial charge on any atom is 0.246 e. The first-order chi connectivity index (χ1) is 9.87. The second-order valence-electron chi connectivity index (χ2n) is 6.30. The van der Waals surface area contributed by atoms with Gasteiger partial charge in [-0.2, -0.15) is 4.31 Å². The summed E-state index contributed by atoms with van der Waals surface area (Å²) in [7, 11) is -3.48. The fourth-order valence-corrected chi connectivity index (χ4v) is 4.28. The molecule has 1 fully saturated rings. The number of rotatable bonds is 4. The average Bonchev–Trinajstić information content (AvgIpc) is 2.61. The van der Waals surface area contributed by atoms with Gasteiger partial charge in [0, 0.05) is 25.8 Å². The molecule has 0 radical (unpaired) electrons. The summed E-state index contributed by atoms with van der Waals surface area (Å²) in [6.45, 7) is 8.16. The summed E-state index contributed by atoms with van der Waals surface area (Å²) in [6, 6.07) is 3.31. The monoisotopic (exact) mass is 311 g/mol. The van der Waals surface area contributed by atoms with Crippen molar-refractivity contribution in [3.63, 3.8) is 0 Å². The summed E-state index contributed by atoms with van der Waals surface area (Å²) >= 11 is 0. The summed E-state index contributed by atoms with van der Waals surface area (Å²) in [5.41, 5.74) is 0.212. The molecule has 0 amide bonds. The Hall–Kier alpha value is -1.14. The zero-order valence-electron chi connectivity index (χ0n) is 13.1. The molecule has 2 heterocycles. The molecular formula is C15H25N3O2S. The first-order valence-electron chi connectivity index (χ1n) is 7.56. The number of pyridine rings is 1. The van der Waals surface area contributed by atoms with Gasteiger partial charge >= 0.3 is 0 Å². The van der Waals surface area contributed by atoms with Crippen LogP contribution in [0.2, 0.25) is 0 Å². The Labute approximate surface area is 127 Å². The second kappa shape index (κ2) is 6.32. The summed E-state index contributed by atoms with van der Waals surface area (Å²) in [4.78, 5) is 4.45. The van der Waals surface area contributed by atoms with E-state index in [2.05, 4.69) is 24.1 Å². The molecule has 0 aliphatic carbocycles. The maximum atomic E-state index is 12.9. The Morgan fingerprint density at radius 3 is 2.81 bits per heavy atom. The van der Waals surface area contributed by atoms with Crippen molar-refractivity contribution in [3.05, 3.63) is 18.3 Å². The van der Waals surface area contributed by atoms with Crippen molar-refractivity contribution in [1.29, 1.82) is 0 Å². The summed E-state index contributed by atoms with van der Waals surface area (Å²) in [5, 5.41) is 3.04. The highest BCUT2D eigenvalue weighted by atomic mass is 32.2. The third kappa shape index (κ3) is 3.74. The summed E-state index contributed by atoms with van der Waals surface area (Å²) in [5.74, 6) is 0.448. The van der Waals surface area contributed by atoms with E-state index in [1.165, 1.54) is 0 Å². The van der Waals surface area contributed by atoms with E-state index in [-0.39, 0.29) is 10.3 Å². The molecular weight excluding hydrogens is 286 g/mol. The molecule has 0 atom stereocenters. The van der Waals surface area contributed by atoms with E-state index in [1.54, 1.807) is 22.6 Å². The molecule has 1 aromatic rings. The zero-order chi connectivity index (χ0) is 15.5. The normalized spacial score (nSPS) is 20.0. The number of nitrogens with zero attached hydrogens (tertiary/aromatic N) is 2. The Morgan fingerprint density at radius 2 is 2.10 bits per heavy atom. The largest absolute Gasteiger partial charge is 0.369 e. The van der Waals surface area contributed by atoms with Gasteiger partial charge in [-0.1, -0.05) is 13.8 Å². The lowest BCUT2D eigenvalue weighted by atomic mass is 9.85. The molecule has 118 valence electrons. The van der Waals surface area contributed by atoms with Crippen LogP contribution in [-0.2, 0) is 10.0 Å². The predicted octanol–water partition coefficient (Wildman–Crippen LogP) is 2.71. The Bertz CT molecular complexity index is 584. The molecule has 1 aromatic heterocycles. The third-order valence-corrected chi connectivity index (χ3v) is 5.96. The van der Waals surface area contributed by atoms with Crippen LogP contribution in [0.15, 0.2) is 23.2 Å². The quantitative estimate of drug-likeness (QED) is 0.928. The van der Waals surface area contributed by atoms with Crippen LogP contribution >= 0.6 is 0 Å². The molecule has 21 heavy (non-hydrogen) atoms. The molecule has 1 aliphatic heterocycles. The fourth-order valence-electron chi connectivity index (χ4n) is 2.68. The van der Waals surface area contributed by atoms with Gasteiger partial charge in [0.25, 0.3) is 0 Å². The minimum atomic E-state index is -3.48. The van der Waals surface area contributed by atoms with Crippen LogP contribution in [0.5, 0.6) is 0 Å². The molecule has 0 spiro atoms. The molecule has 1 N–H and O–H groups in total. The Kier molecular flexibility index (Phi) is 4.88. The lowest BCUT2D eigenvalue weighted by Gasteiger charge is -2.23. The van der Waals surface area contributed by atoms with Crippen molar-refractivity contribution in [3.8, 4) is 0 Å². The number of sulfonamides is 1. The number of nitrogens with one attached hydrogen (secondary N) is 1. The van der Waals surface area contributed by atoms with Gasteiger partial charge in [-0.15, -0.1) is 0 Å². The van der Waals surface area contributed by atoms with Crippen LogP contribution in [0, 0.1) is 5.41 Å². The van der Waals surface area contributed by atoms with Crippen molar-refractivity contribution in [2.75, 3.05) is 25.0 Å². The van der Waals surface area contributed by atoms with Gasteiger partial charge in [0.05, 0.1) is 0 Å². The third-order valence-electron chi connectivity index (χ3n) is 4.03. The van der Waals surface area contributed by atoms with Crippen molar-refractivity contribution in [2.45, 2.75) is 44.9 Å². The van der Waals surface area contributed by atoms with Gasteiger partial charge in [-0.05, 0) is 43.7 Å². The molecule has 0 aromatic carbocycles. The highest BCUT2D eigenvalue weighted by molar-refractivity contribution is 7.89. The van der Waals surface area contributed by atoms with Crippen LogP contribution in [0.4, 0.5) is 5.82 Å². The van der Waals surface area contributed by atoms with Crippen molar-refractivity contribution in [1.82, 2.24) is 9.29 Å². The molecule has 0 saturated carbocycles. The van der Waals surface area contributed by atoms with E-state index in [9.17, 15) is 8.42 Å². The number of hydrogen-bond donors (Lipinski definition) is 1. The number of hydrogen-bond acceptors (Lipinski definition) is 4. The lowest BCUT2D eigenvalue weighted by molar-refractivity contribution is 0.315. The van der Waals surface area contributed by atoms with Crippen molar-refractivity contribution >= 4 is 15.8 Å². The van der Waals surface area contributed by atoms with E-state index in [1.807, 2.05) is 6.92 Å². The molecule has 1 aliphatic rings. The van der Waals surface area contributed by atoms with Crippen LogP contribution in [-0.4, -0.2) is 37.3 Å². The van der Waals surface area contributed by atoms with E-state index in [0.717, 1.165) is 19.3 Å². The van der Waals surface area contributed by atoms with Crippen LogP contribution in [0.1, 0.15) is 40.0 Å². The van der Waals surface area contributed by atoms with E-state index in [4.69, 9.17) is 0 Å². The predicted molar refractivity (Wildman–Crippen MR) is 84.8 cm³/mol. The van der Waals surface area contributed by atoms with Gasteiger partial charge in [0.15, 0.2) is 0 Å². The van der Waals surface area contributed by atoms with Crippen LogP contribution in [0.3, 0.4) is 0 Å². The van der Waals surface area contributed by atoms with Gasteiger partial charge in [0.2, 0.25) is 10.0 Å². The minimum absolute atomic E-state index is 0.212. The van der Waals surface area contributed by atoms with E-state index < -0.39 is 10.0 Å². The van der Waals surface area contributed by atoms with Crippen molar-refractivity contribution < 1.29 is 8.42 Å². The van der Waals surface area contributed by atoms with Gasteiger partial charge < -0.3 is 5.32 Å². The first-order valence-corrected chi connectivity index (χ1v) is 9.00. The van der Waals surface area contributed by atoms with E-state index >= 15 is 0 Å². The Morgan fingerprint density at radius 1 is 1.33 bits per heavy atom. The molecule has 5 nitrogen and oxygen atoms in total. The second-order valence-corrected chi connectivity index (χ2v) is 8.21. The molecule has 1 saturated heterocycles. The molecule has 0 unspecified atom stereocenters. The standard InChI is InChI=1S/C15H25N3O2S/c1-4-16-14-13(7-5-10-17-14)21(19,20)18-11-6-8-15(2,3)9-12-18/h5,7,10H,4,6,8-9,11-12H2,1-3H3,(H,16,17). The highest BCUT2D eigenvalue weighted by Crippen LogP contribution is 2.32. The van der Waals surface area contributed by atoms with Gasteiger partial charge in [-0.25, -0.2) is 13.4 Å². The zero-order valence-corrected chi connectivity index (χ0v) is 13.9. The first kappa shape index (κ1) is 16.2. The SMILES string of the molecule is CCNc1ncccc1S(=O)(=O)N1CCCC(C)(C)CC1. The number of anilines is 1. The van der Waals surface area contributed by atoms with Crippen molar-refractivity contribution in [2.24, 2.45) is 5.41 Å². The molecule has 6 heteroatoms. The number of aromatic nitrogens is 1. The van der Waals surface area contributed by atoms with Gasteiger partial charge in [-0.3, -0.25) is 0 Å². The minimum Gasteiger partial charge on any atom is -0.369 e.